The van der Waals surface area contributed by atoms with Crippen molar-refractivity contribution in [2.24, 2.45) is 0 Å². The second-order valence-electron chi connectivity index (χ2n) is 7.84. The molecule has 0 unspecified atom stereocenters. The van der Waals surface area contributed by atoms with Gasteiger partial charge in [0.15, 0.2) is 0 Å². The molecule has 1 aromatic rings. The number of nitrogens with one attached hydrogen (secondary N) is 1. The van der Waals surface area contributed by atoms with Gasteiger partial charge in [0.05, 0.1) is 5.56 Å². The summed E-state index contributed by atoms with van der Waals surface area (Å²) >= 11 is 2.23. The molecule has 0 saturated heterocycles. The lowest BCUT2D eigenvalue weighted by atomic mass is 10.0. The number of hydrogen-bond acceptors (Lipinski definition) is 1. The summed E-state index contributed by atoms with van der Waals surface area (Å²) in [6.07, 6.45) is 19.1. The summed E-state index contributed by atoms with van der Waals surface area (Å²) in [4.78, 5) is 12.2. The Bertz CT molecular complexity index is 515. The van der Waals surface area contributed by atoms with Gasteiger partial charge in [0.25, 0.3) is 5.91 Å². The predicted octanol–water partition coefficient (Wildman–Crippen LogP) is 7.81. The molecule has 1 rings (SSSR count). The van der Waals surface area contributed by atoms with E-state index in [-0.39, 0.29) is 5.91 Å². The Morgan fingerprint density at radius 1 is 0.815 bits per heavy atom. The zero-order valence-electron chi connectivity index (χ0n) is 17.6. The van der Waals surface area contributed by atoms with E-state index >= 15 is 0 Å². The first-order valence-corrected chi connectivity index (χ1v) is 12.3. The summed E-state index contributed by atoms with van der Waals surface area (Å²) in [6, 6.07) is 6.03. The van der Waals surface area contributed by atoms with Crippen LogP contribution in [0.4, 0.5) is 0 Å². The van der Waals surface area contributed by atoms with Gasteiger partial charge in [-0.05, 0) is 48.1 Å². The number of amides is 1. The molecule has 0 aliphatic carbocycles. The molecule has 1 aromatic carbocycles. The maximum absolute atomic E-state index is 12.2. The SMILES string of the molecule is CCCCCCCCCCCCCCCCNC(=O)c1cc(C)ccc1I. The fourth-order valence-electron chi connectivity index (χ4n) is 3.43. The number of carbonyl (C=O) groups is 1. The van der Waals surface area contributed by atoms with E-state index in [1.54, 1.807) is 0 Å². The molecule has 154 valence electrons. The highest BCUT2D eigenvalue weighted by Gasteiger charge is 2.09. The molecule has 0 aromatic heterocycles. The number of unbranched alkanes of at least 4 members (excludes halogenated alkanes) is 13. The molecule has 0 heterocycles. The maximum atomic E-state index is 12.2. The van der Waals surface area contributed by atoms with E-state index < -0.39 is 0 Å². The van der Waals surface area contributed by atoms with E-state index in [0.29, 0.717) is 0 Å². The summed E-state index contributed by atoms with van der Waals surface area (Å²) < 4.78 is 1.02. The standard InChI is InChI=1S/C24H40INO/c1-3-4-5-6-7-8-9-10-11-12-13-14-15-16-19-26-24(27)22-20-21(2)17-18-23(22)25/h17-18,20H,3-16,19H2,1-2H3,(H,26,27). The first-order chi connectivity index (χ1) is 13.1. The van der Waals surface area contributed by atoms with Gasteiger partial charge in [-0.25, -0.2) is 0 Å². The second-order valence-corrected chi connectivity index (χ2v) is 9.00. The second kappa shape index (κ2) is 16.4. The van der Waals surface area contributed by atoms with Crippen LogP contribution in [-0.4, -0.2) is 12.5 Å². The molecule has 2 nitrogen and oxygen atoms in total. The van der Waals surface area contributed by atoms with E-state index in [4.69, 9.17) is 0 Å². The van der Waals surface area contributed by atoms with Gasteiger partial charge in [0, 0.05) is 10.1 Å². The maximum Gasteiger partial charge on any atom is 0.252 e. The van der Waals surface area contributed by atoms with Crippen molar-refractivity contribution >= 4 is 28.5 Å². The highest BCUT2D eigenvalue weighted by Crippen LogP contribution is 2.15. The molecule has 0 radical (unpaired) electrons. The molecule has 0 spiro atoms. The van der Waals surface area contributed by atoms with Crippen molar-refractivity contribution in [1.29, 1.82) is 0 Å². The van der Waals surface area contributed by atoms with Gasteiger partial charge in [0.1, 0.15) is 0 Å². The van der Waals surface area contributed by atoms with E-state index in [9.17, 15) is 4.79 Å². The number of hydrogen-bond donors (Lipinski definition) is 1. The molecule has 1 N–H and O–H groups in total. The van der Waals surface area contributed by atoms with E-state index in [2.05, 4.69) is 34.8 Å². The fraction of sp³-hybridized carbons (Fsp3) is 0.708. The number of halogens is 1. The average molecular weight is 485 g/mol. The summed E-state index contributed by atoms with van der Waals surface area (Å²) in [5.74, 6) is 0.0674. The van der Waals surface area contributed by atoms with E-state index in [1.807, 2.05) is 25.1 Å². The van der Waals surface area contributed by atoms with E-state index in [0.717, 1.165) is 27.7 Å². The molecule has 0 aliphatic heterocycles. The van der Waals surface area contributed by atoms with Crippen LogP contribution in [0, 0.1) is 10.5 Å². The number of aryl methyl sites for hydroxylation is 1. The van der Waals surface area contributed by atoms with Gasteiger partial charge in [-0.3, -0.25) is 4.79 Å². The van der Waals surface area contributed by atoms with Gasteiger partial charge in [0.2, 0.25) is 0 Å². The third-order valence-corrected chi connectivity index (χ3v) is 6.12. The number of benzene rings is 1. The molecular formula is C24H40INO. The van der Waals surface area contributed by atoms with Crippen molar-refractivity contribution in [1.82, 2.24) is 5.32 Å². The van der Waals surface area contributed by atoms with Crippen LogP contribution in [0.1, 0.15) is 113 Å². The van der Waals surface area contributed by atoms with Crippen LogP contribution in [-0.2, 0) is 0 Å². The molecular weight excluding hydrogens is 445 g/mol. The highest BCUT2D eigenvalue weighted by molar-refractivity contribution is 14.1. The summed E-state index contributed by atoms with van der Waals surface area (Å²) in [7, 11) is 0. The third kappa shape index (κ3) is 12.5. The zero-order chi connectivity index (χ0) is 19.7. The minimum atomic E-state index is 0.0674. The summed E-state index contributed by atoms with van der Waals surface area (Å²) in [5.41, 5.74) is 1.94. The van der Waals surface area contributed by atoms with Gasteiger partial charge in [-0.2, -0.15) is 0 Å². The van der Waals surface area contributed by atoms with Crippen molar-refractivity contribution in [2.75, 3.05) is 6.54 Å². The molecule has 0 aliphatic rings. The Morgan fingerprint density at radius 3 is 1.81 bits per heavy atom. The molecule has 0 atom stereocenters. The van der Waals surface area contributed by atoms with Crippen LogP contribution < -0.4 is 5.32 Å². The Hall–Kier alpha value is -0.580. The molecule has 0 fully saturated rings. The van der Waals surface area contributed by atoms with Crippen LogP contribution in [0.3, 0.4) is 0 Å². The average Bonchev–Trinajstić information content (AvgIpc) is 2.66. The number of carbonyl (C=O) groups excluding carboxylic acids is 1. The van der Waals surface area contributed by atoms with Crippen LogP contribution in [0.2, 0.25) is 0 Å². The fourth-order valence-corrected chi connectivity index (χ4v) is 4.01. The first kappa shape index (κ1) is 24.5. The van der Waals surface area contributed by atoms with Crippen molar-refractivity contribution in [3.8, 4) is 0 Å². The highest BCUT2D eigenvalue weighted by atomic mass is 127. The first-order valence-electron chi connectivity index (χ1n) is 11.2. The zero-order valence-corrected chi connectivity index (χ0v) is 19.8. The van der Waals surface area contributed by atoms with Crippen molar-refractivity contribution in [2.45, 2.75) is 104 Å². The van der Waals surface area contributed by atoms with Gasteiger partial charge < -0.3 is 5.32 Å². The molecule has 27 heavy (non-hydrogen) atoms. The predicted molar refractivity (Wildman–Crippen MR) is 127 cm³/mol. The summed E-state index contributed by atoms with van der Waals surface area (Å²) in [6.45, 7) is 5.10. The Balaban J connectivity index is 1.89. The lowest BCUT2D eigenvalue weighted by Gasteiger charge is -2.08. The normalized spacial score (nSPS) is 10.9. The van der Waals surface area contributed by atoms with Crippen LogP contribution in [0.15, 0.2) is 18.2 Å². The Labute approximate surface area is 181 Å². The topological polar surface area (TPSA) is 29.1 Å². The molecule has 0 saturated carbocycles. The number of rotatable bonds is 16. The van der Waals surface area contributed by atoms with Crippen molar-refractivity contribution in [3.05, 3.63) is 32.9 Å². The third-order valence-electron chi connectivity index (χ3n) is 5.18. The van der Waals surface area contributed by atoms with Crippen LogP contribution >= 0.6 is 22.6 Å². The van der Waals surface area contributed by atoms with E-state index in [1.165, 1.54) is 83.5 Å². The van der Waals surface area contributed by atoms with Crippen LogP contribution in [0.5, 0.6) is 0 Å². The summed E-state index contributed by atoms with van der Waals surface area (Å²) in [5, 5.41) is 3.07. The van der Waals surface area contributed by atoms with Crippen molar-refractivity contribution < 1.29 is 4.79 Å². The monoisotopic (exact) mass is 485 g/mol. The quantitative estimate of drug-likeness (QED) is 0.188. The Morgan fingerprint density at radius 2 is 1.30 bits per heavy atom. The molecule has 3 heteroatoms. The minimum Gasteiger partial charge on any atom is -0.352 e. The largest absolute Gasteiger partial charge is 0.352 e. The lowest BCUT2D eigenvalue weighted by molar-refractivity contribution is 0.0952. The molecule has 0 bridgehead atoms. The van der Waals surface area contributed by atoms with Gasteiger partial charge in [-0.1, -0.05) is 102 Å². The minimum absolute atomic E-state index is 0.0674. The van der Waals surface area contributed by atoms with Gasteiger partial charge in [-0.15, -0.1) is 0 Å². The van der Waals surface area contributed by atoms with Gasteiger partial charge >= 0.3 is 0 Å². The van der Waals surface area contributed by atoms with Crippen molar-refractivity contribution in [3.63, 3.8) is 0 Å². The smallest absolute Gasteiger partial charge is 0.252 e. The van der Waals surface area contributed by atoms with Crippen LogP contribution in [0.25, 0.3) is 0 Å². The molecule has 1 amide bonds. The lowest BCUT2D eigenvalue weighted by Crippen LogP contribution is -2.25. The Kier molecular flexibility index (Phi) is 14.8.